The molecule has 0 aromatic rings. The number of aliphatic hydroxyl groups excluding tert-OH is 1. The highest BCUT2D eigenvalue weighted by molar-refractivity contribution is 7.47. The van der Waals surface area contributed by atoms with Gasteiger partial charge in [-0.15, -0.1) is 0 Å². The molecule has 0 aliphatic carbocycles. The van der Waals surface area contributed by atoms with Gasteiger partial charge in [0.05, 0.1) is 39.9 Å². The summed E-state index contributed by atoms with van der Waals surface area (Å²) in [6.07, 6.45) is 63.4. The Morgan fingerprint density at radius 2 is 0.864 bits per heavy atom. The fourth-order valence-corrected chi connectivity index (χ4v) is 8.84. The van der Waals surface area contributed by atoms with Crippen molar-refractivity contribution in [2.75, 3.05) is 40.9 Å². The van der Waals surface area contributed by atoms with Gasteiger partial charge in [-0.3, -0.25) is 13.8 Å². The van der Waals surface area contributed by atoms with E-state index in [1.54, 1.807) is 6.08 Å². The average molecular weight is 950 g/mol. The molecule has 9 heteroatoms. The second kappa shape index (κ2) is 48.5. The van der Waals surface area contributed by atoms with E-state index < -0.39 is 20.0 Å². The van der Waals surface area contributed by atoms with Crippen molar-refractivity contribution in [3.05, 3.63) is 48.6 Å². The molecule has 0 aliphatic heterocycles. The van der Waals surface area contributed by atoms with Gasteiger partial charge >= 0.3 is 7.82 Å². The molecule has 0 saturated carbocycles. The summed E-state index contributed by atoms with van der Waals surface area (Å²) in [6, 6.07) is -0.855. The van der Waals surface area contributed by atoms with Crippen molar-refractivity contribution < 1.29 is 32.9 Å². The molecule has 0 heterocycles. The first-order chi connectivity index (χ1) is 32.0. The maximum Gasteiger partial charge on any atom is 0.472 e. The van der Waals surface area contributed by atoms with Gasteiger partial charge in [-0.25, -0.2) is 4.57 Å². The van der Waals surface area contributed by atoms with Gasteiger partial charge in [0.15, 0.2) is 0 Å². The van der Waals surface area contributed by atoms with Crippen LogP contribution in [0.15, 0.2) is 48.6 Å². The molecule has 0 saturated heterocycles. The summed E-state index contributed by atoms with van der Waals surface area (Å²) in [5.41, 5.74) is 0. The van der Waals surface area contributed by atoms with Gasteiger partial charge in [0, 0.05) is 6.42 Å². The molecule has 388 valence electrons. The molecule has 0 radical (unpaired) electrons. The molecule has 0 aliphatic rings. The molecule has 0 fully saturated rings. The first-order valence-electron chi connectivity index (χ1n) is 28.0. The van der Waals surface area contributed by atoms with Crippen LogP contribution in [0.3, 0.4) is 0 Å². The standard InChI is InChI=1S/C57H109N2O6P/c1-6-8-10-12-14-16-18-20-22-24-26-27-28-29-30-31-33-34-36-38-40-42-44-46-48-50-56(60)55(54-65-66(62,63)64-53-52-59(3,4)5)58-57(61)51-49-47-45-43-41-39-37-35-32-25-23-21-19-17-15-13-11-9-7-2/h15,17,21,23,32,35,48,50,55-56,60H,6-14,16,18-20,22,24-31,33-34,36-47,49,51-54H2,1-5H3,(H-,58,61,62,63)/p+1/b17-15-,23-21-,35-32-,50-48+. The zero-order valence-corrected chi connectivity index (χ0v) is 45.1. The van der Waals surface area contributed by atoms with Crippen LogP contribution < -0.4 is 5.32 Å². The van der Waals surface area contributed by atoms with Crippen LogP contribution in [0.4, 0.5) is 0 Å². The van der Waals surface area contributed by atoms with E-state index in [9.17, 15) is 19.4 Å². The van der Waals surface area contributed by atoms with Crippen molar-refractivity contribution in [3.8, 4) is 0 Å². The van der Waals surface area contributed by atoms with Crippen molar-refractivity contribution in [1.29, 1.82) is 0 Å². The number of amides is 1. The number of hydrogen-bond acceptors (Lipinski definition) is 5. The Kier molecular flexibility index (Phi) is 47.4. The van der Waals surface area contributed by atoms with Crippen LogP contribution in [-0.4, -0.2) is 73.4 Å². The van der Waals surface area contributed by atoms with Crippen LogP contribution in [0.2, 0.25) is 0 Å². The number of phosphoric ester groups is 1. The van der Waals surface area contributed by atoms with Crippen LogP contribution in [0.25, 0.3) is 0 Å². The van der Waals surface area contributed by atoms with E-state index in [-0.39, 0.29) is 19.1 Å². The number of aliphatic hydroxyl groups is 1. The Hall–Kier alpha value is -1.54. The second-order valence-electron chi connectivity index (χ2n) is 20.3. The summed E-state index contributed by atoms with van der Waals surface area (Å²) < 4.78 is 23.7. The first-order valence-corrected chi connectivity index (χ1v) is 29.5. The van der Waals surface area contributed by atoms with Crippen molar-refractivity contribution in [2.45, 2.75) is 270 Å². The summed E-state index contributed by atoms with van der Waals surface area (Å²) in [5, 5.41) is 13.9. The molecule has 1 amide bonds. The minimum atomic E-state index is -4.35. The molecule has 66 heavy (non-hydrogen) atoms. The number of nitrogens with one attached hydrogen (secondary N) is 1. The van der Waals surface area contributed by atoms with Gasteiger partial charge in [-0.1, -0.05) is 242 Å². The summed E-state index contributed by atoms with van der Waals surface area (Å²) in [4.78, 5) is 23.3. The summed E-state index contributed by atoms with van der Waals surface area (Å²) in [5.74, 6) is -0.188. The van der Waals surface area contributed by atoms with E-state index in [0.717, 1.165) is 64.2 Å². The highest BCUT2D eigenvalue weighted by Gasteiger charge is 2.27. The minimum absolute atomic E-state index is 0.0577. The normalized spacial score (nSPS) is 14.3. The zero-order chi connectivity index (χ0) is 48.5. The number of carbonyl (C=O) groups is 1. The number of carbonyl (C=O) groups excluding carboxylic acids is 1. The predicted molar refractivity (Wildman–Crippen MR) is 286 cm³/mol. The lowest BCUT2D eigenvalue weighted by molar-refractivity contribution is -0.870. The van der Waals surface area contributed by atoms with Crippen LogP contribution in [0.1, 0.15) is 258 Å². The number of phosphoric acid groups is 1. The van der Waals surface area contributed by atoms with E-state index in [1.807, 2.05) is 27.2 Å². The van der Waals surface area contributed by atoms with Crippen molar-refractivity contribution in [2.24, 2.45) is 0 Å². The smallest absolute Gasteiger partial charge is 0.387 e. The van der Waals surface area contributed by atoms with Gasteiger partial charge in [0.2, 0.25) is 5.91 Å². The Morgan fingerprint density at radius 1 is 0.515 bits per heavy atom. The van der Waals surface area contributed by atoms with Crippen LogP contribution in [0, 0.1) is 0 Å². The number of quaternary nitrogens is 1. The number of unbranched alkanes of at least 4 members (excludes halogenated alkanes) is 32. The Bertz CT molecular complexity index is 1210. The molecule has 8 nitrogen and oxygen atoms in total. The van der Waals surface area contributed by atoms with Gasteiger partial charge in [-0.05, 0) is 57.8 Å². The molecule has 0 aromatic heterocycles. The van der Waals surface area contributed by atoms with Crippen LogP contribution >= 0.6 is 7.82 Å². The molecule has 3 N–H and O–H groups in total. The summed E-state index contributed by atoms with van der Waals surface area (Å²) in [6.45, 7) is 4.80. The SMILES string of the molecule is CCCCC/C=C\C/C=C\C/C=C\CCCCCCCCC(=O)NC(COP(=O)(O)OCC[N+](C)(C)C)C(O)/C=C/CCCCCCCCCCCCCCCCCCCCCCCCC. The topological polar surface area (TPSA) is 105 Å². The van der Waals surface area contributed by atoms with E-state index in [4.69, 9.17) is 9.05 Å². The van der Waals surface area contributed by atoms with Gasteiger partial charge in [0.1, 0.15) is 13.2 Å². The Labute approximate surface area is 409 Å². The lowest BCUT2D eigenvalue weighted by Crippen LogP contribution is -2.45. The number of nitrogens with zero attached hydrogens (tertiary/aromatic N) is 1. The van der Waals surface area contributed by atoms with Crippen LogP contribution in [-0.2, 0) is 18.4 Å². The third-order valence-corrected chi connectivity index (χ3v) is 13.5. The maximum absolute atomic E-state index is 13.0. The molecule has 3 unspecified atom stereocenters. The molecule has 0 rings (SSSR count). The molecule has 0 aromatic carbocycles. The highest BCUT2D eigenvalue weighted by atomic mass is 31.2. The van der Waals surface area contributed by atoms with Crippen molar-refractivity contribution in [3.63, 3.8) is 0 Å². The number of allylic oxidation sites excluding steroid dienone is 7. The van der Waals surface area contributed by atoms with E-state index >= 15 is 0 Å². The summed E-state index contributed by atoms with van der Waals surface area (Å²) in [7, 11) is 1.56. The molecule has 0 spiro atoms. The zero-order valence-electron chi connectivity index (χ0n) is 44.2. The fourth-order valence-electron chi connectivity index (χ4n) is 8.11. The predicted octanol–water partition coefficient (Wildman–Crippen LogP) is 16.8. The molecule has 0 bridgehead atoms. The number of rotatable bonds is 51. The highest BCUT2D eigenvalue weighted by Crippen LogP contribution is 2.43. The Balaban J connectivity index is 4.25. The minimum Gasteiger partial charge on any atom is -0.387 e. The molecular weight excluding hydrogens is 840 g/mol. The summed E-state index contributed by atoms with van der Waals surface area (Å²) >= 11 is 0. The first kappa shape index (κ1) is 64.5. The lowest BCUT2D eigenvalue weighted by Gasteiger charge is -2.25. The van der Waals surface area contributed by atoms with Crippen LogP contribution in [0.5, 0.6) is 0 Å². The second-order valence-corrected chi connectivity index (χ2v) is 21.8. The van der Waals surface area contributed by atoms with Gasteiger partial charge in [-0.2, -0.15) is 0 Å². The Morgan fingerprint density at radius 3 is 1.29 bits per heavy atom. The third-order valence-electron chi connectivity index (χ3n) is 12.5. The van der Waals surface area contributed by atoms with E-state index in [1.165, 1.54) is 173 Å². The van der Waals surface area contributed by atoms with E-state index in [0.29, 0.717) is 17.4 Å². The lowest BCUT2D eigenvalue weighted by atomic mass is 10.0. The monoisotopic (exact) mass is 950 g/mol. The quantitative estimate of drug-likeness (QED) is 0.0243. The average Bonchev–Trinajstić information content (AvgIpc) is 3.28. The van der Waals surface area contributed by atoms with Gasteiger partial charge in [0.25, 0.3) is 0 Å². The largest absolute Gasteiger partial charge is 0.472 e. The fraction of sp³-hybridized carbons (Fsp3) is 0.842. The third kappa shape index (κ3) is 50.3. The maximum atomic E-state index is 13.0. The molecular formula is C57H110N2O6P+. The van der Waals surface area contributed by atoms with Crippen molar-refractivity contribution in [1.82, 2.24) is 5.32 Å². The number of likely N-dealkylation sites (N-methyl/N-ethyl adjacent to an activating group) is 1. The van der Waals surface area contributed by atoms with Crippen molar-refractivity contribution >= 4 is 13.7 Å². The number of hydrogen-bond donors (Lipinski definition) is 3. The molecule has 3 atom stereocenters. The van der Waals surface area contributed by atoms with Gasteiger partial charge < -0.3 is 19.8 Å². The van der Waals surface area contributed by atoms with E-state index in [2.05, 4.69) is 55.6 Å².